The van der Waals surface area contributed by atoms with Gasteiger partial charge in [-0.1, -0.05) is 81.4 Å². The first-order valence-electron chi connectivity index (χ1n) is 17.7. The Bertz CT molecular complexity index is 1590. The second kappa shape index (κ2) is 19.5. The van der Waals surface area contributed by atoms with Crippen LogP contribution in [0, 0.1) is 0 Å². The summed E-state index contributed by atoms with van der Waals surface area (Å²) in [4.78, 5) is 0. The van der Waals surface area contributed by atoms with E-state index in [9.17, 15) is 26.3 Å². The zero-order valence-corrected chi connectivity index (χ0v) is 32.6. The van der Waals surface area contributed by atoms with E-state index in [-0.39, 0.29) is 42.5 Å². The maximum Gasteiger partial charge on any atom is 0.424 e. The van der Waals surface area contributed by atoms with Gasteiger partial charge in [0, 0.05) is 32.2 Å². The SMILES string of the molecule is C[C@@H](CCOCCC(OCc1ccccc1)(c1ccco1)C(F)(F)F)O[Si](C)(C)C(C)(C)C.OCCC(OCc1ccccc1)(c1ccco1)C(F)(F)F. The van der Waals surface area contributed by atoms with E-state index in [1.165, 1.54) is 30.5 Å². The molecule has 0 radical (unpaired) electrons. The predicted molar refractivity (Wildman–Crippen MR) is 195 cm³/mol. The van der Waals surface area contributed by atoms with Crippen LogP contribution >= 0.6 is 0 Å². The number of furan rings is 2. The van der Waals surface area contributed by atoms with Gasteiger partial charge in [-0.25, -0.2) is 0 Å². The van der Waals surface area contributed by atoms with Crippen LogP contribution in [0.5, 0.6) is 0 Å². The van der Waals surface area contributed by atoms with Gasteiger partial charge in [0.1, 0.15) is 11.5 Å². The van der Waals surface area contributed by atoms with E-state index in [1.54, 1.807) is 60.7 Å². The van der Waals surface area contributed by atoms with Crippen LogP contribution in [0.2, 0.25) is 18.1 Å². The van der Waals surface area contributed by atoms with Crippen molar-refractivity contribution in [3.63, 3.8) is 0 Å². The van der Waals surface area contributed by atoms with Crippen molar-refractivity contribution in [1.29, 1.82) is 0 Å². The number of aliphatic hydroxyl groups excluding tert-OH is 1. The molecule has 54 heavy (non-hydrogen) atoms. The molecular formula is C40H52F6O7Si. The summed E-state index contributed by atoms with van der Waals surface area (Å²) in [5, 5.41) is 9.13. The highest BCUT2D eigenvalue weighted by molar-refractivity contribution is 6.74. The van der Waals surface area contributed by atoms with E-state index >= 15 is 0 Å². The molecule has 0 fully saturated rings. The maximum absolute atomic E-state index is 14.3. The summed E-state index contributed by atoms with van der Waals surface area (Å²) in [5.74, 6) is -0.635. The van der Waals surface area contributed by atoms with E-state index < -0.39 is 51.3 Å². The monoisotopic (exact) mass is 786 g/mol. The Kier molecular flexibility index (Phi) is 16.2. The van der Waals surface area contributed by atoms with Gasteiger partial charge in [-0.3, -0.25) is 0 Å². The number of ether oxygens (including phenoxy) is 3. The standard InChI is InChI=1S/C25H37F3O4Si.C15H15F3O3/c1-20(32-33(5,6)23(2,3)4)14-17-29-18-15-24(25(26,27)28,22-13-10-16-30-22)31-19-21-11-8-7-9-12-21;16-15(17,18)14(8-9-19,13-7-4-10-20-13)21-11-12-5-2-1-3-6-12/h7-13,16,20H,14-15,17-19H2,1-6H3;1-7,10,19H,8-9,11H2/t20-,24?;/m0./s1. The average molecular weight is 787 g/mol. The highest BCUT2D eigenvalue weighted by atomic mass is 28.4. The molecule has 0 saturated heterocycles. The summed E-state index contributed by atoms with van der Waals surface area (Å²) in [5.41, 5.74) is -3.98. The summed E-state index contributed by atoms with van der Waals surface area (Å²) in [7, 11) is -1.91. The van der Waals surface area contributed by atoms with Crippen LogP contribution in [-0.4, -0.2) is 51.7 Å². The average Bonchev–Trinajstić information content (AvgIpc) is 3.84. The van der Waals surface area contributed by atoms with Gasteiger partial charge in [-0.15, -0.1) is 0 Å². The summed E-state index contributed by atoms with van der Waals surface area (Å²) in [6.45, 7) is 11.9. The summed E-state index contributed by atoms with van der Waals surface area (Å²) in [6.07, 6.45) is -7.47. The van der Waals surface area contributed by atoms with Gasteiger partial charge in [-0.2, -0.15) is 26.3 Å². The first kappa shape index (κ1) is 45.0. The number of halogens is 6. The molecule has 1 N–H and O–H groups in total. The van der Waals surface area contributed by atoms with Gasteiger partial charge in [0.2, 0.25) is 11.2 Å². The molecule has 0 aliphatic rings. The van der Waals surface area contributed by atoms with E-state index in [0.29, 0.717) is 24.2 Å². The summed E-state index contributed by atoms with van der Waals surface area (Å²) < 4.78 is 116. The lowest BCUT2D eigenvalue weighted by Gasteiger charge is -2.38. The van der Waals surface area contributed by atoms with Crippen molar-refractivity contribution in [3.05, 3.63) is 120 Å². The lowest BCUT2D eigenvalue weighted by Crippen LogP contribution is -2.45. The first-order chi connectivity index (χ1) is 25.3. The molecule has 2 aromatic carbocycles. The minimum atomic E-state index is -4.71. The minimum absolute atomic E-state index is 0.0299. The molecule has 14 heteroatoms. The fraction of sp³-hybridized carbons (Fsp3) is 0.500. The smallest absolute Gasteiger partial charge is 0.424 e. The van der Waals surface area contributed by atoms with Crippen LogP contribution in [0.3, 0.4) is 0 Å². The zero-order valence-electron chi connectivity index (χ0n) is 31.6. The molecule has 0 bridgehead atoms. The summed E-state index contributed by atoms with van der Waals surface area (Å²) >= 11 is 0. The highest BCUT2D eigenvalue weighted by Crippen LogP contribution is 2.47. The molecule has 300 valence electrons. The lowest BCUT2D eigenvalue weighted by atomic mass is 9.95. The van der Waals surface area contributed by atoms with Gasteiger partial charge in [0.05, 0.1) is 32.3 Å². The van der Waals surface area contributed by atoms with Crippen LogP contribution in [0.1, 0.15) is 69.6 Å². The minimum Gasteiger partial charge on any atom is -0.466 e. The third-order valence-corrected chi connectivity index (χ3v) is 14.0. The van der Waals surface area contributed by atoms with Crippen molar-refractivity contribution in [2.45, 2.75) is 108 Å². The van der Waals surface area contributed by atoms with Crippen molar-refractivity contribution in [3.8, 4) is 0 Å². The molecule has 4 aromatic rings. The third kappa shape index (κ3) is 12.0. The van der Waals surface area contributed by atoms with Crippen molar-refractivity contribution in [2.24, 2.45) is 0 Å². The number of hydrogen-bond acceptors (Lipinski definition) is 7. The van der Waals surface area contributed by atoms with Crippen molar-refractivity contribution >= 4 is 8.32 Å². The van der Waals surface area contributed by atoms with Gasteiger partial charge >= 0.3 is 12.4 Å². The lowest BCUT2D eigenvalue weighted by molar-refractivity contribution is -0.300. The molecule has 3 atom stereocenters. The Hall–Kier alpha value is -3.40. The van der Waals surface area contributed by atoms with Gasteiger partial charge in [-0.05, 0) is 66.9 Å². The number of alkyl halides is 6. The van der Waals surface area contributed by atoms with Crippen molar-refractivity contribution in [2.75, 3.05) is 19.8 Å². The predicted octanol–water partition coefficient (Wildman–Crippen LogP) is 11.1. The fourth-order valence-electron chi connectivity index (χ4n) is 5.30. The molecule has 2 aromatic heterocycles. The van der Waals surface area contributed by atoms with Crippen LogP contribution in [0.4, 0.5) is 26.3 Å². The Morgan fingerprint density at radius 1 is 0.648 bits per heavy atom. The van der Waals surface area contributed by atoms with E-state index in [4.69, 9.17) is 32.6 Å². The highest BCUT2D eigenvalue weighted by Gasteiger charge is 2.60. The molecule has 0 aliphatic heterocycles. The topological polar surface area (TPSA) is 83.4 Å². The van der Waals surface area contributed by atoms with Crippen LogP contribution in [-0.2, 0) is 43.1 Å². The second-order valence-electron chi connectivity index (χ2n) is 14.5. The van der Waals surface area contributed by atoms with Crippen molar-refractivity contribution < 1.29 is 58.9 Å². The number of benzene rings is 2. The number of rotatable bonds is 18. The number of aliphatic hydroxyl groups is 1. The Labute approximate surface area is 314 Å². The first-order valence-corrected chi connectivity index (χ1v) is 20.6. The van der Waals surface area contributed by atoms with Crippen LogP contribution < -0.4 is 0 Å². The van der Waals surface area contributed by atoms with E-state index in [1.807, 2.05) is 6.92 Å². The Morgan fingerprint density at radius 2 is 1.09 bits per heavy atom. The Balaban J connectivity index is 0.000000320. The molecule has 0 aliphatic carbocycles. The zero-order chi connectivity index (χ0) is 40.1. The quantitative estimate of drug-likeness (QED) is 0.0611. The fourth-order valence-corrected chi connectivity index (χ4v) is 6.78. The van der Waals surface area contributed by atoms with Crippen LogP contribution in [0.15, 0.2) is 106 Å². The molecule has 0 amide bonds. The summed E-state index contributed by atoms with van der Waals surface area (Å²) in [6, 6.07) is 22.6. The largest absolute Gasteiger partial charge is 0.466 e. The molecule has 4 rings (SSSR count). The Morgan fingerprint density at radius 3 is 1.46 bits per heavy atom. The van der Waals surface area contributed by atoms with Gasteiger partial charge in [0.15, 0.2) is 8.32 Å². The van der Waals surface area contributed by atoms with E-state index in [2.05, 4.69) is 33.9 Å². The van der Waals surface area contributed by atoms with Gasteiger partial charge in [0.25, 0.3) is 0 Å². The normalized spacial score (nSPS) is 15.5. The van der Waals surface area contributed by atoms with Crippen LogP contribution in [0.25, 0.3) is 0 Å². The molecule has 0 saturated carbocycles. The molecular weight excluding hydrogens is 735 g/mol. The molecule has 2 heterocycles. The third-order valence-electron chi connectivity index (χ3n) is 9.44. The maximum atomic E-state index is 14.3. The van der Waals surface area contributed by atoms with Gasteiger partial charge < -0.3 is 32.6 Å². The second-order valence-corrected chi connectivity index (χ2v) is 19.2. The number of hydrogen-bond donors (Lipinski definition) is 1. The molecule has 2 unspecified atom stereocenters. The van der Waals surface area contributed by atoms with Crippen molar-refractivity contribution in [1.82, 2.24) is 0 Å². The molecule has 0 spiro atoms. The molecule has 7 nitrogen and oxygen atoms in total. The van der Waals surface area contributed by atoms with E-state index in [0.717, 1.165) is 6.26 Å².